The van der Waals surface area contributed by atoms with E-state index in [-0.39, 0.29) is 47.6 Å². The quantitative estimate of drug-likeness (QED) is 0.762. The molecule has 0 fully saturated rings. The maximum atomic E-state index is 13.9. The normalized spacial score (nSPS) is 19.6. The number of nitrogens with zero attached hydrogens (tertiary/aromatic N) is 3. The first-order chi connectivity index (χ1) is 14.8. The minimum Gasteiger partial charge on any atom is -0.472 e. The first-order valence-corrected chi connectivity index (χ1v) is 10.3. The molecule has 0 saturated heterocycles. The molecule has 3 rings (SSSR count). The van der Waals surface area contributed by atoms with Crippen LogP contribution in [0.1, 0.15) is 35.3 Å². The van der Waals surface area contributed by atoms with E-state index in [1.165, 1.54) is 12.3 Å². The predicted molar refractivity (Wildman–Crippen MR) is 116 cm³/mol. The van der Waals surface area contributed by atoms with E-state index in [9.17, 15) is 14.3 Å². The van der Waals surface area contributed by atoms with Gasteiger partial charge in [0.05, 0.1) is 18.2 Å². The Morgan fingerprint density at radius 1 is 1.35 bits per heavy atom. The van der Waals surface area contributed by atoms with E-state index in [1.54, 1.807) is 29.2 Å². The van der Waals surface area contributed by atoms with Crippen molar-refractivity contribution in [2.24, 2.45) is 5.92 Å². The molecule has 1 N–H and O–H groups in total. The smallest absolute Gasteiger partial charge is 0.259 e. The van der Waals surface area contributed by atoms with Gasteiger partial charge in [0.1, 0.15) is 17.5 Å². The molecule has 0 aliphatic carbocycles. The van der Waals surface area contributed by atoms with Gasteiger partial charge in [0, 0.05) is 30.8 Å². The van der Waals surface area contributed by atoms with Gasteiger partial charge in [0.2, 0.25) is 5.88 Å². The Balaban J connectivity index is 2.02. The van der Waals surface area contributed by atoms with Gasteiger partial charge in [-0.05, 0) is 39.2 Å². The Kier molecular flexibility index (Phi) is 7.26. The van der Waals surface area contributed by atoms with Crippen LogP contribution in [0.25, 0.3) is 0 Å². The molecule has 1 amide bonds. The van der Waals surface area contributed by atoms with Gasteiger partial charge in [0.25, 0.3) is 5.91 Å². The minimum atomic E-state index is -0.405. The molecule has 2 heterocycles. The number of aliphatic hydroxyl groups excluding tert-OH is 1. The lowest BCUT2D eigenvalue weighted by atomic mass is 10.00. The Labute approximate surface area is 182 Å². The number of rotatable bonds is 4. The summed E-state index contributed by atoms with van der Waals surface area (Å²) in [7, 11) is 3.92. The molecular formula is C24H28FN3O3. The molecule has 1 aliphatic heterocycles. The molecule has 164 valence electrons. The Morgan fingerprint density at radius 2 is 2.10 bits per heavy atom. The number of ether oxygens (including phenoxy) is 1. The summed E-state index contributed by atoms with van der Waals surface area (Å²) in [5.74, 6) is 5.28. The first-order valence-electron chi connectivity index (χ1n) is 10.3. The van der Waals surface area contributed by atoms with Gasteiger partial charge >= 0.3 is 0 Å². The molecule has 0 spiro atoms. The summed E-state index contributed by atoms with van der Waals surface area (Å²) in [6.07, 6.45) is 1.34. The number of pyridine rings is 1. The summed E-state index contributed by atoms with van der Waals surface area (Å²) >= 11 is 0. The Morgan fingerprint density at radius 3 is 2.77 bits per heavy atom. The molecule has 1 aromatic carbocycles. The van der Waals surface area contributed by atoms with E-state index in [4.69, 9.17) is 4.74 Å². The van der Waals surface area contributed by atoms with Crippen LogP contribution in [0.5, 0.6) is 5.88 Å². The van der Waals surface area contributed by atoms with E-state index in [1.807, 2.05) is 32.8 Å². The van der Waals surface area contributed by atoms with Crippen LogP contribution in [-0.2, 0) is 0 Å². The predicted octanol–water partition coefficient (Wildman–Crippen LogP) is 2.40. The van der Waals surface area contributed by atoms with Crippen molar-refractivity contribution in [2.75, 3.05) is 33.8 Å². The fourth-order valence-corrected chi connectivity index (χ4v) is 3.45. The van der Waals surface area contributed by atoms with Gasteiger partial charge in [-0.3, -0.25) is 4.79 Å². The lowest BCUT2D eigenvalue weighted by Gasteiger charge is -2.37. The average Bonchev–Trinajstić information content (AvgIpc) is 2.75. The minimum absolute atomic E-state index is 0.0378. The molecule has 7 heteroatoms. The van der Waals surface area contributed by atoms with Crippen molar-refractivity contribution in [3.8, 4) is 17.7 Å². The van der Waals surface area contributed by atoms with Crippen LogP contribution in [0, 0.1) is 23.6 Å². The summed E-state index contributed by atoms with van der Waals surface area (Å²) < 4.78 is 20.0. The van der Waals surface area contributed by atoms with Gasteiger partial charge in [-0.1, -0.05) is 30.9 Å². The van der Waals surface area contributed by atoms with Gasteiger partial charge in [-0.15, -0.1) is 0 Å². The summed E-state index contributed by atoms with van der Waals surface area (Å²) in [4.78, 5) is 21.4. The fraction of sp³-hybridized carbons (Fsp3) is 0.417. The Hall–Kier alpha value is -2.95. The number of benzene rings is 1. The van der Waals surface area contributed by atoms with E-state index in [0.717, 1.165) is 0 Å². The second kappa shape index (κ2) is 9.90. The molecular weight excluding hydrogens is 397 g/mol. The van der Waals surface area contributed by atoms with Crippen LogP contribution in [0.3, 0.4) is 0 Å². The number of aliphatic hydroxyl groups is 1. The Bertz CT molecular complexity index is 999. The topological polar surface area (TPSA) is 65.9 Å². The second-order valence-corrected chi connectivity index (χ2v) is 8.19. The van der Waals surface area contributed by atoms with Crippen LogP contribution in [0.4, 0.5) is 4.39 Å². The van der Waals surface area contributed by atoms with Gasteiger partial charge in [-0.25, -0.2) is 9.37 Å². The van der Waals surface area contributed by atoms with E-state index in [0.29, 0.717) is 18.7 Å². The van der Waals surface area contributed by atoms with E-state index >= 15 is 0 Å². The maximum absolute atomic E-state index is 13.9. The lowest BCUT2D eigenvalue weighted by Crippen LogP contribution is -2.49. The van der Waals surface area contributed by atoms with Gasteiger partial charge in [-0.2, -0.15) is 0 Å². The molecule has 1 aliphatic rings. The SMILES string of the molecule is C[C@@H]1CN([C@H](C)CO)C(=O)c2cc(C#Cc3ccccc3F)cnc2O[C@H]1CN(C)C. The highest BCUT2D eigenvalue weighted by Gasteiger charge is 2.33. The zero-order valence-electron chi connectivity index (χ0n) is 18.3. The van der Waals surface area contributed by atoms with Crippen LogP contribution < -0.4 is 4.74 Å². The van der Waals surface area contributed by atoms with Crippen molar-refractivity contribution in [1.29, 1.82) is 0 Å². The highest BCUT2D eigenvalue weighted by Crippen LogP contribution is 2.27. The van der Waals surface area contributed by atoms with E-state index < -0.39 is 5.82 Å². The molecule has 3 atom stereocenters. The van der Waals surface area contributed by atoms with Crippen molar-refractivity contribution in [1.82, 2.24) is 14.8 Å². The molecule has 6 nitrogen and oxygen atoms in total. The number of halogens is 1. The average molecular weight is 426 g/mol. The second-order valence-electron chi connectivity index (χ2n) is 8.19. The summed E-state index contributed by atoms with van der Waals surface area (Å²) in [6.45, 7) is 4.80. The number of carbonyl (C=O) groups is 1. The largest absolute Gasteiger partial charge is 0.472 e. The van der Waals surface area contributed by atoms with Crippen LogP contribution in [0.15, 0.2) is 36.5 Å². The summed E-state index contributed by atoms with van der Waals surface area (Å²) in [5, 5.41) is 9.70. The molecule has 0 radical (unpaired) electrons. The summed E-state index contributed by atoms with van der Waals surface area (Å²) in [5.41, 5.74) is 1.04. The zero-order valence-corrected chi connectivity index (χ0v) is 18.3. The fourth-order valence-electron chi connectivity index (χ4n) is 3.45. The van der Waals surface area contributed by atoms with Gasteiger partial charge in [0.15, 0.2) is 0 Å². The molecule has 31 heavy (non-hydrogen) atoms. The molecule has 0 unspecified atom stereocenters. The third-order valence-electron chi connectivity index (χ3n) is 5.28. The number of hydrogen-bond donors (Lipinski definition) is 1. The van der Waals surface area contributed by atoms with Crippen molar-refractivity contribution in [3.05, 3.63) is 59.0 Å². The highest BCUT2D eigenvalue weighted by molar-refractivity contribution is 5.97. The number of fused-ring (bicyclic) bond motifs is 1. The number of amides is 1. The maximum Gasteiger partial charge on any atom is 0.259 e. The number of hydrogen-bond acceptors (Lipinski definition) is 5. The number of likely N-dealkylation sites (N-methyl/N-ethyl adjacent to an activating group) is 1. The third kappa shape index (κ3) is 5.40. The monoisotopic (exact) mass is 425 g/mol. The van der Waals surface area contributed by atoms with Crippen molar-refractivity contribution >= 4 is 5.91 Å². The van der Waals surface area contributed by atoms with Crippen LogP contribution in [-0.4, -0.2) is 71.7 Å². The third-order valence-corrected chi connectivity index (χ3v) is 5.28. The molecule has 2 aromatic rings. The lowest BCUT2D eigenvalue weighted by molar-refractivity contribution is 0.0348. The van der Waals surface area contributed by atoms with Crippen LogP contribution in [0.2, 0.25) is 0 Å². The van der Waals surface area contributed by atoms with Crippen LogP contribution >= 0.6 is 0 Å². The number of aromatic nitrogens is 1. The first kappa shape index (κ1) is 22.7. The van der Waals surface area contributed by atoms with Crippen molar-refractivity contribution in [2.45, 2.75) is 26.0 Å². The highest BCUT2D eigenvalue weighted by atomic mass is 19.1. The number of carbonyl (C=O) groups excluding carboxylic acids is 1. The molecule has 1 aromatic heterocycles. The van der Waals surface area contributed by atoms with Crippen molar-refractivity contribution < 1.29 is 19.0 Å². The van der Waals surface area contributed by atoms with E-state index in [2.05, 4.69) is 16.8 Å². The summed E-state index contributed by atoms with van der Waals surface area (Å²) in [6, 6.07) is 7.53. The molecule has 0 saturated carbocycles. The standard InChI is InChI=1S/C24H28FN3O3/c1-16-13-28(17(2)15-29)24(30)20-11-18(9-10-19-7-5-6-8-21(19)25)12-26-23(20)31-22(16)14-27(3)4/h5-8,11-12,16-17,22,29H,13-15H2,1-4H3/t16-,17-,22+/m1/s1. The van der Waals surface area contributed by atoms with Crippen molar-refractivity contribution in [3.63, 3.8) is 0 Å². The van der Waals surface area contributed by atoms with Gasteiger partial charge < -0.3 is 19.6 Å². The zero-order chi connectivity index (χ0) is 22.5. The molecule has 0 bridgehead atoms.